The molecule has 0 spiro atoms. The second-order valence-electron chi connectivity index (χ2n) is 10.6. The Morgan fingerprint density at radius 3 is 2.37 bits per heavy atom. The van der Waals surface area contributed by atoms with Gasteiger partial charge in [0.15, 0.2) is 0 Å². The molecule has 0 radical (unpaired) electrons. The summed E-state index contributed by atoms with van der Waals surface area (Å²) >= 11 is 0. The molecule has 1 aliphatic rings. The van der Waals surface area contributed by atoms with Gasteiger partial charge in [-0.2, -0.15) is 0 Å². The minimum atomic E-state index is -0.458. The molecule has 6 rings (SSSR count). The van der Waals surface area contributed by atoms with Crippen LogP contribution in [0.1, 0.15) is 38.3 Å². The van der Waals surface area contributed by atoms with Gasteiger partial charge in [-0.1, -0.05) is 60.7 Å². The minimum Gasteiger partial charge on any atom is -0.460 e. The Morgan fingerprint density at radius 2 is 1.57 bits per heavy atom. The molecule has 1 aliphatic carbocycles. The SMILES string of the molecule is CC(C)(C)OC(=O)C1CCc2c(ccc3c2cc(-c2nccc4ccccc24)c2ccccc23)C1. The zero-order valence-electron chi connectivity index (χ0n) is 20.5. The van der Waals surface area contributed by atoms with Gasteiger partial charge in [-0.3, -0.25) is 9.78 Å². The Bertz CT molecular complexity index is 1600. The Labute approximate surface area is 205 Å². The smallest absolute Gasteiger partial charge is 0.309 e. The van der Waals surface area contributed by atoms with Gasteiger partial charge >= 0.3 is 5.97 Å². The lowest BCUT2D eigenvalue weighted by Crippen LogP contribution is -2.31. The summed E-state index contributed by atoms with van der Waals surface area (Å²) in [7, 11) is 0. The van der Waals surface area contributed by atoms with Gasteiger partial charge in [-0.15, -0.1) is 0 Å². The van der Waals surface area contributed by atoms with Gasteiger partial charge in [-0.05, 0) is 90.2 Å². The third kappa shape index (κ3) is 3.85. The first-order valence-electron chi connectivity index (χ1n) is 12.4. The van der Waals surface area contributed by atoms with E-state index in [2.05, 4.69) is 72.8 Å². The fourth-order valence-corrected chi connectivity index (χ4v) is 5.57. The van der Waals surface area contributed by atoms with Gasteiger partial charge in [0.05, 0.1) is 11.6 Å². The highest BCUT2D eigenvalue weighted by atomic mass is 16.6. The highest BCUT2D eigenvalue weighted by Gasteiger charge is 2.30. The fourth-order valence-electron chi connectivity index (χ4n) is 5.57. The number of aryl methyl sites for hydroxylation is 1. The van der Waals surface area contributed by atoms with Crippen molar-refractivity contribution < 1.29 is 9.53 Å². The fraction of sp³-hybridized carbons (Fsp3) is 0.250. The molecule has 3 nitrogen and oxygen atoms in total. The van der Waals surface area contributed by atoms with E-state index < -0.39 is 5.60 Å². The number of hydrogen-bond acceptors (Lipinski definition) is 3. The summed E-state index contributed by atoms with van der Waals surface area (Å²) in [5, 5.41) is 7.34. The summed E-state index contributed by atoms with van der Waals surface area (Å²) in [5.41, 5.74) is 4.33. The number of benzene rings is 4. The monoisotopic (exact) mass is 459 g/mol. The van der Waals surface area contributed by atoms with Gasteiger partial charge in [0, 0.05) is 17.1 Å². The second-order valence-corrected chi connectivity index (χ2v) is 10.6. The van der Waals surface area contributed by atoms with Gasteiger partial charge in [0.1, 0.15) is 5.60 Å². The molecule has 1 atom stereocenters. The van der Waals surface area contributed by atoms with E-state index in [0.717, 1.165) is 35.9 Å². The number of rotatable bonds is 2. The number of carbonyl (C=O) groups is 1. The summed E-state index contributed by atoms with van der Waals surface area (Å²) in [4.78, 5) is 17.6. The molecule has 0 saturated carbocycles. The molecule has 174 valence electrons. The third-order valence-corrected chi connectivity index (χ3v) is 7.13. The summed E-state index contributed by atoms with van der Waals surface area (Å²) in [6, 6.07) is 25.9. The highest BCUT2D eigenvalue weighted by Crippen LogP contribution is 2.40. The number of carbonyl (C=O) groups excluding carboxylic acids is 1. The lowest BCUT2D eigenvalue weighted by Gasteiger charge is -2.28. The molecule has 35 heavy (non-hydrogen) atoms. The maximum absolute atomic E-state index is 12.8. The van der Waals surface area contributed by atoms with E-state index in [1.807, 2.05) is 27.0 Å². The number of hydrogen-bond donors (Lipinski definition) is 0. The van der Waals surface area contributed by atoms with Gasteiger partial charge in [-0.25, -0.2) is 0 Å². The lowest BCUT2D eigenvalue weighted by atomic mass is 9.80. The number of nitrogens with zero attached hydrogens (tertiary/aromatic N) is 1. The number of pyridine rings is 1. The lowest BCUT2D eigenvalue weighted by molar-refractivity contribution is -0.160. The Kier molecular flexibility index (Phi) is 5.10. The predicted octanol–water partition coefficient (Wildman–Crippen LogP) is 7.65. The Balaban J connectivity index is 1.54. The molecule has 1 heterocycles. The van der Waals surface area contributed by atoms with E-state index in [-0.39, 0.29) is 11.9 Å². The third-order valence-electron chi connectivity index (χ3n) is 7.13. The van der Waals surface area contributed by atoms with E-state index in [9.17, 15) is 4.79 Å². The molecule has 0 amide bonds. The summed E-state index contributed by atoms with van der Waals surface area (Å²) in [5.74, 6) is -0.166. The van der Waals surface area contributed by atoms with Crippen LogP contribution in [-0.2, 0) is 22.4 Å². The van der Waals surface area contributed by atoms with Gasteiger partial charge in [0.25, 0.3) is 0 Å². The molecule has 0 fully saturated rings. The van der Waals surface area contributed by atoms with Crippen molar-refractivity contribution in [3.63, 3.8) is 0 Å². The standard InChI is InChI=1S/C32H29NO2/c1-32(2,3)35-31(34)22-13-14-23-21(18-22)12-15-27-25-10-6-7-11-26(25)29(19-28(23)27)30-24-9-5-4-8-20(24)16-17-33-30/h4-12,15-17,19,22H,13-14,18H2,1-3H3. The van der Waals surface area contributed by atoms with Crippen molar-refractivity contribution in [1.29, 1.82) is 0 Å². The van der Waals surface area contributed by atoms with Crippen molar-refractivity contribution in [2.75, 3.05) is 0 Å². The van der Waals surface area contributed by atoms with Crippen LogP contribution in [0.3, 0.4) is 0 Å². The first-order valence-corrected chi connectivity index (χ1v) is 12.4. The second kappa shape index (κ2) is 8.20. The topological polar surface area (TPSA) is 39.2 Å². The molecule has 0 bridgehead atoms. The van der Waals surface area contributed by atoms with E-state index in [1.54, 1.807) is 0 Å². The van der Waals surface area contributed by atoms with E-state index in [0.29, 0.717) is 0 Å². The summed E-state index contributed by atoms with van der Waals surface area (Å²) in [6.07, 6.45) is 4.32. The van der Waals surface area contributed by atoms with E-state index in [1.165, 1.54) is 38.1 Å². The largest absolute Gasteiger partial charge is 0.460 e. The van der Waals surface area contributed by atoms with E-state index >= 15 is 0 Å². The zero-order chi connectivity index (χ0) is 24.2. The maximum atomic E-state index is 12.8. The van der Waals surface area contributed by atoms with Crippen LogP contribution in [0.25, 0.3) is 43.6 Å². The summed E-state index contributed by atoms with van der Waals surface area (Å²) < 4.78 is 5.71. The molecule has 5 aromatic rings. The van der Waals surface area contributed by atoms with Gasteiger partial charge < -0.3 is 4.74 Å². The number of aromatic nitrogens is 1. The van der Waals surface area contributed by atoms with Crippen LogP contribution < -0.4 is 0 Å². The van der Waals surface area contributed by atoms with Crippen LogP contribution in [0.5, 0.6) is 0 Å². The zero-order valence-corrected chi connectivity index (χ0v) is 20.5. The van der Waals surface area contributed by atoms with Crippen molar-refractivity contribution in [2.45, 2.75) is 45.6 Å². The molecule has 3 heteroatoms. The first-order chi connectivity index (χ1) is 16.9. The molecule has 0 N–H and O–H groups in total. The molecular weight excluding hydrogens is 430 g/mol. The summed E-state index contributed by atoms with van der Waals surface area (Å²) in [6.45, 7) is 5.80. The van der Waals surface area contributed by atoms with Crippen LogP contribution in [-0.4, -0.2) is 16.6 Å². The van der Waals surface area contributed by atoms with Crippen molar-refractivity contribution >= 4 is 38.3 Å². The van der Waals surface area contributed by atoms with Crippen molar-refractivity contribution in [2.24, 2.45) is 5.92 Å². The highest BCUT2D eigenvalue weighted by molar-refractivity contribution is 6.16. The average molecular weight is 460 g/mol. The molecule has 0 saturated heterocycles. The number of fused-ring (bicyclic) bond motifs is 6. The molecule has 0 aliphatic heterocycles. The molecule has 1 unspecified atom stereocenters. The molecule has 4 aromatic carbocycles. The van der Waals surface area contributed by atoms with Crippen LogP contribution in [0.2, 0.25) is 0 Å². The molecule has 1 aromatic heterocycles. The van der Waals surface area contributed by atoms with Crippen molar-refractivity contribution in [3.05, 3.63) is 90.1 Å². The van der Waals surface area contributed by atoms with Crippen LogP contribution in [0, 0.1) is 5.92 Å². The first kappa shape index (κ1) is 21.8. The number of ether oxygens (including phenoxy) is 1. The van der Waals surface area contributed by atoms with Gasteiger partial charge in [0.2, 0.25) is 0 Å². The average Bonchev–Trinajstić information content (AvgIpc) is 2.86. The number of esters is 1. The Morgan fingerprint density at radius 1 is 0.857 bits per heavy atom. The van der Waals surface area contributed by atoms with E-state index in [4.69, 9.17) is 9.72 Å². The van der Waals surface area contributed by atoms with Crippen molar-refractivity contribution in [3.8, 4) is 11.3 Å². The van der Waals surface area contributed by atoms with Crippen LogP contribution in [0.15, 0.2) is 79.0 Å². The van der Waals surface area contributed by atoms with Crippen LogP contribution >= 0.6 is 0 Å². The minimum absolute atomic E-state index is 0.0811. The maximum Gasteiger partial charge on any atom is 0.309 e. The normalized spacial score (nSPS) is 15.9. The van der Waals surface area contributed by atoms with Crippen molar-refractivity contribution in [1.82, 2.24) is 4.98 Å². The quantitative estimate of drug-likeness (QED) is 0.201. The molecular formula is C32H29NO2. The van der Waals surface area contributed by atoms with Crippen LogP contribution in [0.4, 0.5) is 0 Å². The predicted molar refractivity (Wildman–Crippen MR) is 144 cm³/mol. The Hall–Kier alpha value is -3.72.